The largest absolute Gasteiger partial charge is 0.475 e. The first-order valence-electron chi connectivity index (χ1n) is 5.77. The molecule has 0 saturated heterocycles. The van der Waals surface area contributed by atoms with Gasteiger partial charge in [-0.3, -0.25) is 0 Å². The number of furan rings is 1. The highest BCUT2D eigenvalue weighted by Crippen LogP contribution is 2.14. The zero-order chi connectivity index (χ0) is 15.4. The molecule has 0 saturated carbocycles. The van der Waals surface area contributed by atoms with E-state index in [2.05, 4.69) is 10.6 Å². The number of halogens is 2. The van der Waals surface area contributed by atoms with Crippen molar-refractivity contribution in [1.82, 2.24) is 5.32 Å². The third-order valence-corrected chi connectivity index (χ3v) is 2.47. The zero-order valence-electron chi connectivity index (χ0n) is 10.5. The summed E-state index contributed by atoms with van der Waals surface area (Å²) in [6, 6.07) is 4.62. The molecule has 21 heavy (non-hydrogen) atoms. The van der Waals surface area contributed by atoms with E-state index in [1.165, 1.54) is 12.1 Å². The molecule has 0 unspecified atom stereocenters. The summed E-state index contributed by atoms with van der Waals surface area (Å²) in [4.78, 5) is 22.1. The van der Waals surface area contributed by atoms with Crippen LogP contribution in [0.1, 0.15) is 16.3 Å². The van der Waals surface area contributed by atoms with Gasteiger partial charge < -0.3 is 20.2 Å². The fourth-order valence-electron chi connectivity index (χ4n) is 1.51. The van der Waals surface area contributed by atoms with Crippen LogP contribution in [0.15, 0.2) is 34.7 Å². The minimum absolute atomic E-state index is 0.0814. The number of hydrogen-bond donors (Lipinski definition) is 3. The van der Waals surface area contributed by atoms with Gasteiger partial charge in [0.05, 0.1) is 12.2 Å². The van der Waals surface area contributed by atoms with Crippen molar-refractivity contribution in [2.75, 3.05) is 5.32 Å². The van der Waals surface area contributed by atoms with Crippen molar-refractivity contribution in [2.24, 2.45) is 0 Å². The van der Waals surface area contributed by atoms with E-state index < -0.39 is 23.6 Å². The Morgan fingerprint density at radius 3 is 2.57 bits per heavy atom. The van der Waals surface area contributed by atoms with Crippen molar-refractivity contribution in [2.45, 2.75) is 6.54 Å². The van der Waals surface area contributed by atoms with Gasteiger partial charge in [0.1, 0.15) is 17.4 Å². The first kappa shape index (κ1) is 14.5. The second kappa shape index (κ2) is 6.04. The third-order valence-electron chi connectivity index (χ3n) is 2.47. The summed E-state index contributed by atoms with van der Waals surface area (Å²) in [7, 11) is 0. The van der Waals surface area contributed by atoms with Crippen LogP contribution in [0, 0.1) is 11.6 Å². The number of amides is 2. The van der Waals surface area contributed by atoms with Gasteiger partial charge in [-0.2, -0.15) is 0 Å². The number of carboxylic acid groups (broad SMARTS) is 1. The van der Waals surface area contributed by atoms with E-state index in [-0.39, 0.29) is 23.8 Å². The molecule has 0 spiro atoms. The maximum atomic E-state index is 13.3. The van der Waals surface area contributed by atoms with Crippen LogP contribution in [0.25, 0.3) is 0 Å². The van der Waals surface area contributed by atoms with Gasteiger partial charge >= 0.3 is 12.0 Å². The summed E-state index contributed by atoms with van der Waals surface area (Å²) in [5, 5.41) is 13.2. The van der Waals surface area contributed by atoms with Gasteiger partial charge in [0.15, 0.2) is 0 Å². The molecule has 2 amide bonds. The minimum atomic E-state index is -1.22. The molecule has 1 aromatic heterocycles. The fraction of sp³-hybridized carbons (Fsp3) is 0.0769. The third kappa shape index (κ3) is 3.78. The highest BCUT2D eigenvalue weighted by atomic mass is 19.1. The van der Waals surface area contributed by atoms with Gasteiger partial charge in [-0.25, -0.2) is 18.4 Å². The van der Waals surface area contributed by atoms with E-state index in [4.69, 9.17) is 9.52 Å². The maximum absolute atomic E-state index is 13.3. The van der Waals surface area contributed by atoms with Crippen LogP contribution in [-0.2, 0) is 6.54 Å². The Morgan fingerprint density at radius 1 is 1.19 bits per heavy atom. The topological polar surface area (TPSA) is 91.6 Å². The number of benzene rings is 1. The second-order valence-electron chi connectivity index (χ2n) is 4.00. The SMILES string of the molecule is O=C(NCc1ccc(C(=O)O)o1)Nc1ccc(F)cc1F. The van der Waals surface area contributed by atoms with Gasteiger partial charge in [-0.1, -0.05) is 0 Å². The molecule has 0 aliphatic rings. The summed E-state index contributed by atoms with van der Waals surface area (Å²) in [5.74, 6) is -2.91. The Hall–Kier alpha value is -2.90. The molecular formula is C13H10F2N2O4. The summed E-state index contributed by atoms with van der Waals surface area (Å²) in [6.45, 7) is -0.0814. The summed E-state index contributed by atoms with van der Waals surface area (Å²) in [5.41, 5.74) is -0.181. The van der Waals surface area contributed by atoms with Gasteiger partial charge in [0.2, 0.25) is 5.76 Å². The van der Waals surface area contributed by atoms with Crippen molar-refractivity contribution in [3.05, 3.63) is 53.5 Å². The number of rotatable bonds is 4. The molecule has 0 radical (unpaired) electrons. The van der Waals surface area contributed by atoms with E-state index in [9.17, 15) is 18.4 Å². The lowest BCUT2D eigenvalue weighted by atomic mass is 10.3. The number of hydrogen-bond acceptors (Lipinski definition) is 3. The Morgan fingerprint density at radius 2 is 1.95 bits per heavy atom. The second-order valence-corrected chi connectivity index (χ2v) is 4.00. The average molecular weight is 296 g/mol. The number of anilines is 1. The molecule has 0 atom stereocenters. The number of urea groups is 1. The Kier molecular flexibility index (Phi) is 4.17. The molecule has 2 rings (SSSR count). The highest BCUT2D eigenvalue weighted by molar-refractivity contribution is 5.89. The maximum Gasteiger partial charge on any atom is 0.371 e. The standard InChI is InChI=1S/C13H10F2N2O4/c14-7-1-3-10(9(15)5-7)17-13(20)16-6-8-2-4-11(21-8)12(18)19/h1-5H,6H2,(H,18,19)(H2,16,17,20). The van der Waals surface area contributed by atoms with Gasteiger partial charge in [0, 0.05) is 6.07 Å². The normalized spacial score (nSPS) is 10.2. The molecule has 2 aromatic rings. The first-order valence-corrected chi connectivity index (χ1v) is 5.77. The van der Waals surface area contributed by atoms with E-state index in [0.717, 1.165) is 12.1 Å². The molecule has 3 N–H and O–H groups in total. The van der Waals surface area contributed by atoms with Crippen molar-refractivity contribution in [3.63, 3.8) is 0 Å². The minimum Gasteiger partial charge on any atom is -0.475 e. The highest BCUT2D eigenvalue weighted by Gasteiger charge is 2.11. The van der Waals surface area contributed by atoms with Crippen LogP contribution in [0.5, 0.6) is 0 Å². The Bertz CT molecular complexity index is 685. The molecule has 0 aliphatic heterocycles. The van der Waals surface area contributed by atoms with Crippen LogP contribution in [0.3, 0.4) is 0 Å². The molecule has 110 valence electrons. The van der Waals surface area contributed by atoms with Crippen molar-refractivity contribution in [3.8, 4) is 0 Å². The number of carbonyl (C=O) groups excluding carboxylic acids is 1. The van der Waals surface area contributed by atoms with Gasteiger partial charge in [0.25, 0.3) is 0 Å². The van der Waals surface area contributed by atoms with E-state index in [1.54, 1.807) is 0 Å². The fourth-order valence-corrected chi connectivity index (χ4v) is 1.51. The molecule has 0 bridgehead atoms. The van der Waals surface area contributed by atoms with Crippen LogP contribution in [0.2, 0.25) is 0 Å². The van der Waals surface area contributed by atoms with E-state index in [1.807, 2.05) is 0 Å². The summed E-state index contributed by atoms with van der Waals surface area (Å²) < 4.78 is 30.9. The smallest absolute Gasteiger partial charge is 0.371 e. The predicted octanol–water partition coefficient (Wildman–Crippen LogP) is 2.58. The average Bonchev–Trinajstić information content (AvgIpc) is 2.89. The van der Waals surface area contributed by atoms with Crippen molar-refractivity contribution < 1.29 is 27.9 Å². The van der Waals surface area contributed by atoms with E-state index in [0.29, 0.717) is 6.07 Å². The first-order chi connectivity index (χ1) is 9.95. The number of carboxylic acids is 1. The summed E-state index contributed by atoms with van der Waals surface area (Å²) >= 11 is 0. The van der Waals surface area contributed by atoms with Crippen molar-refractivity contribution in [1.29, 1.82) is 0 Å². The predicted molar refractivity (Wildman–Crippen MR) is 67.9 cm³/mol. The van der Waals surface area contributed by atoms with Gasteiger partial charge in [-0.15, -0.1) is 0 Å². The lowest BCUT2D eigenvalue weighted by Crippen LogP contribution is -2.28. The van der Waals surface area contributed by atoms with E-state index >= 15 is 0 Å². The number of carbonyl (C=O) groups is 2. The molecule has 0 fully saturated rings. The number of aromatic carboxylic acids is 1. The van der Waals surface area contributed by atoms with Gasteiger partial charge in [-0.05, 0) is 24.3 Å². The van der Waals surface area contributed by atoms with Crippen molar-refractivity contribution >= 4 is 17.7 Å². The molecule has 0 aliphatic carbocycles. The zero-order valence-corrected chi connectivity index (χ0v) is 10.5. The van der Waals surface area contributed by atoms with Crippen LogP contribution in [0.4, 0.5) is 19.3 Å². The monoisotopic (exact) mass is 296 g/mol. The molecular weight excluding hydrogens is 286 g/mol. The lowest BCUT2D eigenvalue weighted by Gasteiger charge is -2.07. The quantitative estimate of drug-likeness (QED) is 0.808. The molecule has 8 heteroatoms. The van der Waals surface area contributed by atoms with Crippen LogP contribution >= 0.6 is 0 Å². The summed E-state index contributed by atoms with van der Waals surface area (Å²) in [6.07, 6.45) is 0. The Balaban J connectivity index is 1.91. The molecule has 1 aromatic carbocycles. The van der Waals surface area contributed by atoms with Crippen LogP contribution < -0.4 is 10.6 Å². The molecule has 6 nitrogen and oxygen atoms in total. The van der Waals surface area contributed by atoms with Crippen LogP contribution in [-0.4, -0.2) is 17.1 Å². The number of nitrogens with one attached hydrogen (secondary N) is 2. The lowest BCUT2D eigenvalue weighted by molar-refractivity contribution is 0.0660. The Labute approximate surface area is 117 Å². The molecule has 1 heterocycles.